The van der Waals surface area contributed by atoms with Crippen LogP contribution in [0.25, 0.3) is 11.1 Å². The number of anilines is 1. The fourth-order valence-corrected chi connectivity index (χ4v) is 8.85. The van der Waals surface area contributed by atoms with E-state index in [2.05, 4.69) is 0 Å². The Bertz CT molecular complexity index is 2040. The van der Waals surface area contributed by atoms with Gasteiger partial charge in [-0.25, -0.2) is 4.90 Å². The van der Waals surface area contributed by atoms with Gasteiger partial charge in [-0.2, -0.15) is 0 Å². The number of benzene rings is 5. The minimum atomic E-state index is -1.57. The highest BCUT2D eigenvalue weighted by Gasteiger charge is 2.82. The molecule has 1 saturated carbocycles. The Balaban J connectivity index is 1.56. The van der Waals surface area contributed by atoms with E-state index >= 15 is 14.4 Å². The lowest BCUT2D eigenvalue weighted by molar-refractivity contribution is -0.130. The standard InChI is InChI=1S/C40H26Cl3NO4/c1-48-31-21-20-29(43)22-30(31)44-36(45)34-35(37(44)46)40(26-14-18-28(42)19-15-26)33(24-10-6-3-7-11-24)32(23-8-4-2-5-9-23)39(34,38(40)47)25-12-16-27(41)17-13-25/h2-22,34-35H,1H3/t34-,35-,39+,40+/m1/s1. The minimum Gasteiger partial charge on any atom is -0.495 e. The van der Waals surface area contributed by atoms with Crippen LogP contribution in [0.2, 0.25) is 15.1 Å². The highest BCUT2D eigenvalue weighted by atomic mass is 35.5. The lowest BCUT2D eigenvalue weighted by Gasteiger charge is -2.39. The highest BCUT2D eigenvalue weighted by molar-refractivity contribution is 6.40. The third kappa shape index (κ3) is 3.96. The molecular weight excluding hydrogens is 665 g/mol. The van der Waals surface area contributed by atoms with Gasteiger partial charge in [-0.3, -0.25) is 14.4 Å². The molecule has 0 aromatic heterocycles. The predicted molar refractivity (Wildman–Crippen MR) is 188 cm³/mol. The molecule has 236 valence electrons. The van der Waals surface area contributed by atoms with Crippen LogP contribution < -0.4 is 9.64 Å². The molecule has 5 nitrogen and oxygen atoms in total. The van der Waals surface area contributed by atoms with E-state index in [9.17, 15) is 0 Å². The van der Waals surface area contributed by atoms with Crippen molar-refractivity contribution in [1.29, 1.82) is 0 Å². The number of allylic oxidation sites excluding steroid dienone is 2. The van der Waals surface area contributed by atoms with E-state index in [-0.39, 0.29) is 11.5 Å². The van der Waals surface area contributed by atoms with E-state index in [1.165, 1.54) is 12.0 Å². The fraction of sp³-hybridized carbons (Fsp3) is 0.125. The second kappa shape index (κ2) is 11.2. The van der Waals surface area contributed by atoms with Gasteiger partial charge in [0, 0.05) is 15.1 Å². The third-order valence-electron chi connectivity index (χ3n) is 10.1. The molecule has 5 aromatic carbocycles. The summed E-state index contributed by atoms with van der Waals surface area (Å²) in [5.74, 6) is -3.18. The molecule has 8 rings (SSSR count). The molecule has 0 spiro atoms. The summed E-state index contributed by atoms with van der Waals surface area (Å²) >= 11 is 19.3. The SMILES string of the molecule is COc1ccc(Cl)cc1N1C(=O)[C@H]2[C@H](C1=O)[C@@]1(c3ccc(Cl)cc3)C(=O)[C@@]2(c2ccc(Cl)cc2)C(c2ccccc2)=C1c1ccccc1. The molecule has 0 unspecified atom stereocenters. The Labute approximate surface area is 292 Å². The number of nitrogens with zero attached hydrogens (tertiary/aromatic N) is 1. The second-order valence-corrected chi connectivity index (χ2v) is 13.5. The fourth-order valence-electron chi connectivity index (χ4n) is 8.43. The Morgan fingerprint density at radius 1 is 0.562 bits per heavy atom. The Hall–Kier alpha value is -4.68. The van der Waals surface area contributed by atoms with Crippen LogP contribution in [0.15, 0.2) is 127 Å². The van der Waals surface area contributed by atoms with Gasteiger partial charge in [0.25, 0.3) is 0 Å². The van der Waals surface area contributed by atoms with Crippen LogP contribution in [-0.2, 0) is 25.2 Å². The number of fused-ring (bicyclic) bond motifs is 5. The molecular formula is C40H26Cl3NO4. The average Bonchev–Trinajstić information content (AvgIpc) is 3.61. The zero-order chi connectivity index (χ0) is 33.4. The number of halogens is 3. The van der Waals surface area contributed by atoms with E-state index in [1.54, 1.807) is 66.7 Å². The number of ether oxygens (including phenoxy) is 1. The number of ketones is 1. The molecule has 2 aliphatic carbocycles. The van der Waals surface area contributed by atoms with Crippen molar-refractivity contribution in [2.24, 2.45) is 11.8 Å². The molecule has 2 bridgehead atoms. The normalized spacial score (nSPS) is 24.4. The van der Waals surface area contributed by atoms with E-state index < -0.39 is 34.5 Å². The van der Waals surface area contributed by atoms with Crippen molar-refractivity contribution in [2.75, 3.05) is 12.0 Å². The summed E-state index contributed by atoms with van der Waals surface area (Å²) in [7, 11) is 1.47. The maximum Gasteiger partial charge on any atom is 0.239 e. The first-order valence-electron chi connectivity index (χ1n) is 15.4. The molecule has 1 heterocycles. The van der Waals surface area contributed by atoms with Crippen molar-refractivity contribution in [3.63, 3.8) is 0 Å². The molecule has 0 radical (unpaired) electrons. The van der Waals surface area contributed by atoms with Crippen LogP contribution in [0.4, 0.5) is 5.69 Å². The number of hydrogen-bond acceptors (Lipinski definition) is 4. The number of hydrogen-bond donors (Lipinski definition) is 0. The van der Waals surface area contributed by atoms with Gasteiger partial charge >= 0.3 is 0 Å². The number of carbonyl (C=O) groups is 3. The molecule has 2 amide bonds. The molecule has 1 saturated heterocycles. The largest absolute Gasteiger partial charge is 0.495 e. The van der Waals surface area contributed by atoms with E-state index in [0.29, 0.717) is 43.1 Å². The van der Waals surface area contributed by atoms with Gasteiger partial charge in [-0.1, -0.05) is 120 Å². The number of carbonyl (C=O) groups excluding carboxylic acids is 3. The van der Waals surface area contributed by atoms with Gasteiger partial charge < -0.3 is 4.74 Å². The maximum absolute atomic E-state index is 16.0. The smallest absolute Gasteiger partial charge is 0.239 e. The number of Topliss-reactive ketones (excluding diaryl/α,β-unsaturated/α-hetero) is 1. The van der Waals surface area contributed by atoms with Gasteiger partial charge in [0.15, 0.2) is 5.78 Å². The summed E-state index contributed by atoms with van der Waals surface area (Å²) in [6.07, 6.45) is 0. The quantitative estimate of drug-likeness (QED) is 0.167. The zero-order valence-corrected chi connectivity index (χ0v) is 27.8. The Morgan fingerprint density at radius 2 is 0.979 bits per heavy atom. The van der Waals surface area contributed by atoms with Crippen LogP contribution in [0, 0.1) is 11.8 Å². The Kier molecular flexibility index (Phi) is 7.15. The summed E-state index contributed by atoms with van der Waals surface area (Å²) in [6, 6.07) is 38.2. The van der Waals surface area contributed by atoms with Gasteiger partial charge in [0.1, 0.15) is 5.75 Å². The van der Waals surface area contributed by atoms with Crippen LogP contribution in [0.1, 0.15) is 22.3 Å². The summed E-state index contributed by atoms with van der Waals surface area (Å²) in [6.45, 7) is 0. The molecule has 5 aromatic rings. The molecule has 2 fully saturated rings. The maximum atomic E-state index is 16.0. The lowest BCUT2D eigenvalue weighted by Crippen LogP contribution is -2.45. The van der Waals surface area contributed by atoms with Crippen molar-refractivity contribution in [3.05, 3.63) is 165 Å². The van der Waals surface area contributed by atoms with Gasteiger partial charge in [0.05, 0.1) is 35.5 Å². The van der Waals surface area contributed by atoms with E-state index in [1.807, 2.05) is 60.7 Å². The second-order valence-electron chi connectivity index (χ2n) is 12.2. The summed E-state index contributed by atoms with van der Waals surface area (Å²) in [4.78, 5) is 47.5. The number of amides is 2. The summed E-state index contributed by atoms with van der Waals surface area (Å²) < 4.78 is 5.64. The van der Waals surface area contributed by atoms with Crippen LogP contribution in [0.5, 0.6) is 5.75 Å². The molecule has 0 N–H and O–H groups in total. The topological polar surface area (TPSA) is 63.7 Å². The first-order valence-corrected chi connectivity index (χ1v) is 16.5. The van der Waals surface area contributed by atoms with E-state index in [4.69, 9.17) is 39.5 Å². The first kappa shape index (κ1) is 30.6. The molecule has 48 heavy (non-hydrogen) atoms. The molecule has 4 atom stereocenters. The van der Waals surface area contributed by atoms with Crippen molar-refractivity contribution in [2.45, 2.75) is 10.8 Å². The minimum absolute atomic E-state index is 0.223. The van der Waals surface area contributed by atoms with Crippen molar-refractivity contribution >= 4 is 69.2 Å². The van der Waals surface area contributed by atoms with Gasteiger partial charge in [-0.05, 0) is 75.9 Å². The number of imide groups is 1. The molecule has 8 heteroatoms. The zero-order valence-electron chi connectivity index (χ0n) is 25.5. The van der Waals surface area contributed by atoms with Gasteiger partial charge in [0.2, 0.25) is 11.8 Å². The van der Waals surface area contributed by atoms with E-state index in [0.717, 1.165) is 11.1 Å². The molecule has 1 aliphatic heterocycles. The third-order valence-corrected chi connectivity index (χ3v) is 10.8. The number of rotatable bonds is 6. The van der Waals surface area contributed by atoms with Crippen molar-refractivity contribution in [3.8, 4) is 5.75 Å². The predicted octanol–water partition coefficient (Wildman–Crippen LogP) is 8.84. The average molecular weight is 691 g/mol. The van der Waals surface area contributed by atoms with Crippen LogP contribution >= 0.6 is 34.8 Å². The summed E-state index contributed by atoms with van der Waals surface area (Å²) in [5, 5.41) is 1.29. The first-order chi connectivity index (χ1) is 23.3. The summed E-state index contributed by atoms with van der Waals surface area (Å²) in [5.41, 5.74) is 1.13. The van der Waals surface area contributed by atoms with Crippen LogP contribution in [0.3, 0.4) is 0 Å². The molecule has 3 aliphatic rings. The number of methoxy groups -OCH3 is 1. The Morgan fingerprint density at radius 3 is 1.40 bits per heavy atom. The van der Waals surface area contributed by atoms with Gasteiger partial charge in [-0.15, -0.1) is 0 Å². The monoisotopic (exact) mass is 689 g/mol. The lowest BCUT2D eigenvalue weighted by atomic mass is 9.59. The van der Waals surface area contributed by atoms with Crippen molar-refractivity contribution < 1.29 is 19.1 Å². The van der Waals surface area contributed by atoms with Crippen LogP contribution in [-0.4, -0.2) is 24.7 Å². The highest BCUT2D eigenvalue weighted by Crippen LogP contribution is 2.74. The van der Waals surface area contributed by atoms with Crippen molar-refractivity contribution in [1.82, 2.24) is 0 Å².